The third-order valence-corrected chi connectivity index (χ3v) is 4.96. The van der Waals surface area contributed by atoms with Crippen LogP contribution in [0.15, 0.2) is 80.9 Å². The number of nitrogens with zero attached hydrogens (tertiary/aromatic N) is 2. The van der Waals surface area contributed by atoms with E-state index in [2.05, 4.69) is 21.0 Å². The summed E-state index contributed by atoms with van der Waals surface area (Å²) in [5.41, 5.74) is 3.55. The number of rotatable bonds is 3. The molecule has 5 heteroatoms. The van der Waals surface area contributed by atoms with Crippen LogP contribution in [-0.4, -0.2) is 16.6 Å². The first kappa shape index (κ1) is 16.8. The highest BCUT2D eigenvalue weighted by atomic mass is 79.9. The van der Waals surface area contributed by atoms with Gasteiger partial charge in [-0.25, -0.2) is 5.01 Å². The Balaban J connectivity index is 1.72. The lowest BCUT2D eigenvalue weighted by Gasteiger charge is -2.20. The van der Waals surface area contributed by atoms with Crippen LogP contribution in [0.5, 0.6) is 0 Å². The number of hydrogen-bond donors (Lipinski definition) is 0. The van der Waals surface area contributed by atoms with Gasteiger partial charge in [0.05, 0.1) is 12.0 Å². The number of hydrazone groups is 1. The van der Waals surface area contributed by atoms with Crippen molar-refractivity contribution in [3.05, 3.63) is 93.9 Å². The molecule has 0 spiro atoms. The summed E-state index contributed by atoms with van der Waals surface area (Å²) >= 11 is 3.45. The van der Waals surface area contributed by atoms with Crippen molar-refractivity contribution in [2.45, 2.75) is 19.4 Å². The molecule has 1 unspecified atom stereocenters. The van der Waals surface area contributed by atoms with Crippen LogP contribution in [0.2, 0.25) is 0 Å². The summed E-state index contributed by atoms with van der Waals surface area (Å²) in [5.74, 6) is 0.615. The lowest BCUT2D eigenvalue weighted by atomic mass is 10.0. The number of benzene rings is 2. The highest BCUT2D eigenvalue weighted by Crippen LogP contribution is 2.34. The topological polar surface area (TPSA) is 45.8 Å². The first-order chi connectivity index (χ1) is 12.6. The second-order valence-electron chi connectivity index (χ2n) is 6.31. The molecule has 1 amide bonds. The SMILES string of the molecule is Cc1cccc(C(=O)N2N=C(c3ccc(Br)cc3)CC2c2ccco2)c1. The highest BCUT2D eigenvalue weighted by molar-refractivity contribution is 9.10. The van der Waals surface area contributed by atoms with E-state index in [4.69, 9.17) is 4.42 Å². The minimum Gasteiger partial charge on any atom is -0.467 e. The van der Waals surface area contributed by atoms with Crippen LogP contribution in [-0.2, 0) is 0 Å². The van der Waals surface area contributed by atoms with Gasteiger partial charge in [-0.2, -0.15) is 5.10 Å². The summed E-state index contributed by atoms with van der Waals surface area (Å²) in [6, 6.07) is 19.0. The van der Waals surface area contributed by atoms with Gasteiger partial charge in [-0.05, 0) is 48.9 Å². The van der Waals surface area contributed by atoms with Crippen molar-refractivity contribution in [3.8, 4) is 0 Å². The van der Waals surface area contributed by atoms with E-state index in [1.807, 2.05) is 67.6 Å². The maximum absolute atomic E-state index is 13.1. The Morgan fingerprint density at radius 2 is 1.96 bits per heavy atom. The monoisotopic (exact) mass is 408 g/mol. The molecule has 0 saturated carbocycles. The number of hydrogen-bond acceptors (Lipinski definition) is 3. The van der Waals surface area contributed by atoms with Crippen LogP contribution in [0.4, 0.5) is 0 Å². The minimum atomic E-state index is -0.239. The average Bonchev–Trinajstić information content (AvgIpc) is 3.31. The predicted molar refractivity (Wildman–Crippen MR) is 104 cm³/mol. The highest BCUT2D eigenvalue weighted by Gasteiger charge is 2.35. The Bertz CT molecular complexity index is 962. The van der Waals surface area contributed by atoms with Gasteiger partial charge in [0.15, 0.2) is 0 Å². The maximum Gasteiger partial charge on any atom is 0.274 e. The molecule has 4 nitrogen and oxygen atoms in total. The van der Waals surface area contributed by atoms with Gasteiger partial charge in [0.25, 0.3) is 5.91 Å². The van der Waals surface area contributed by atoms with Gasteiger partial charge in [0.1, 0.15) is 11.8 Å². The number of aryl methyl sites for hydroxylation is 1. The number of carbonyl (C=O) groups is 1. The Kier molecular flexibility index (Phi) is 4.47. The van der Waals surface area contributed by atoms with E-state index in [1.54, 1.807) is 11.3 Å². The van der Waals surface area contributed by atoms with E-state index in [0.717, 1.165) is 27.1 Å². The largest absolute Gasteiger partial charge is 0.467 e. The van der Waals surface area contributed by atoms with Gasteiger partial charge in [-0.3, -0.25) is 4.79 Å². The quantitative estimate of drug-likeness (QED) is 0.586. The van der Waals surface area contributed by atoms with Crippen molar-refractivity contribution >= 4 is 27.5 Å². The van der Waals surface area contributed by atoms with Gasteiger partial charge >= 0.3 is 0 Å². The van der Waals surface area contributed by atoms with Crippen molar-refractivity contribution in [2.24, 2.45) is 5.10 Å². The molecule has 1 aliphatic rings. The van der Waals surface area contributed by atoms with Crippen LogP contribution in [0, 0.1) is 6.92 Å². The summed E-state index contributed by atoms with van der Waals surface area (Å²) in [4.78, 5) is 13.1. The van der Waals surface area contributed by atoms with E-state index >= 15 is 0 Å². The second-order valence-corrected chi connectivity index (χ2v) is 7.22. The molecule has 0 bridgehead atoms. The molecule has 130 valence electrons. The zero-order chi connectivity index (χ0) is 18.1. The van der Waals surface area contributed by atoms with Gasteiger partial charge in [0.2, 0.25) is 0 Å². The van der Waals surface area contributed by atoms with Gasteiger partial charge in [-0.15, -0.1) is 0 Å². The lowest BCUT2D eigenvalue weighted by molar-refractivity contribution is 0.0692. The lowest BCUT2D eigenvalue weighted by Crippen LogP contribution is -2.26. The summed E-state index contributed by atoms with van der Waals surface area (Å²) in [7, 11) is 0. The summed E-state index contributed by atoms with van der Waals surface area (Å²) in [6.45, 7) is 1.97. The molecule has 26 heavy (non-hydrogen) atoms. The van der Waals surface area contributed by atoms with Crippen molar-refractivity contribution in [1.82, 2.24) is 5.01 Å². The van der Waals surface area contributed by atoms with Crippen LogP contribution < -0.4 is 0 Å². The fraction of sp³-hybridized carbons (Fsp3) is 0.143. The Morgan fingerprint density at radius 1 is 1.15 bits per heavy atom. The average molecular weight is 409 g/mol. The van der Waals surface area contributed by atoms with Gasteiger partial charge < -0.3 is 4.42 Å². The molecule has 1 atom stereocenters. The number of carbonyl (C=O) groups excluding carboxylic acids is 1. The van der Waals surface area contributed by atoms with E-state index < -0.39 is 0 Å². The fourth-order valence-corrected chi connectivity index (χ4v) is 3.39. The first-order valence-corrected chi connectivity index (χ1v) is 9.18. The number of amides is 1. The zero-order valence-corrected chi connectivity index (χ0v) is 15.8. The molecule has 0 radical (unpaired) electrons. The molecular weight excluding hydrogens is 392 g/mol. The van der Waals surface area contributed by atoms with E-state index in [0.29, 0.717) is 12.0 Å². The van der Waals surface area contributed by atoms with Crippen molar-refractivity contribution in [1.29, 1.82) is 0 Å². The second kappa shape index (κ2) is 6.92. The third kappa shape index (κ3) is 3.22. The summed E-state index contributed by atoms with van der Waals surface area (Å²) in [6.07, 6.45) is 2.25. The van der Waals surface area contributed by atoms with Crippen molar-refractivity contribution in [3.63, 3.8) is 0 Å². The van der Waals surface area contributed by atoms with E-state index in [1.165, 1.54) is 0 Å². The molecule has 0 aliphatic carbocycles. The van der Waals surface area contributed by atoms with Crippen LogP contribution in [0.3, 0.4) is 0 Å². The first-order valence-electron chi connectivity index (χ1n) is 8.39. The normalized spacial score (nSPS) is 16.6. The number of halogens is 1. The van der Waals surface area contributed by atoms with Crippen molar-refractivity contribution < 1.29 is 9.21 Å². The predicted octanol–water partition coefficient (Wildman–Crippen LogP) is 5.34. The fourth-order valence-electron chi connectivity index (χ4n) is 3.13. The summed E-state index contributed by atoms with van der Waals surface area (Å²) < 4.78 is 6.60. The smallest absolute Gasteiger partial charge is 0.274 e. The molecule has 1 aliphatic heterocycles. The number of furan rings is 1. The molecule has 4 rings (SSSR count). The van der Waals surface area contributed by atoms with Gasteiger partial charge in [-0.1, -0.05) is 45.8 Å². The van der Waals surface area contributed by atoms with Crippen LogP contribution in [0.1, 0.15) is 39.7 Å². The van der Waals surface area contributed by atoms with Crippen LogP contribution >= 0.6 is 15.9 Å². The van der Waals surface area contributed by atoms with E-state index in [-0.39, 0.29) is 11.9 Å². The molecule has 3 aromatic rings. The van der Waals surface area contributed by atoms with Crippen molar-refractivity contribution in [2.75, 3.05) is 0 Å². The molecule has 1 aromatic heterocycles. The van der Waals surface area contributed by atoms with E-state index in [9.17, 15) is 4.79 Å². The molecule has 0 fully saturated rings. The summed E-state index contributed by atoms with van der Waals surface area (Å²) in [5, 5.41) is 6.20. The zero-order valence-electron chi connectivity index (χ0n) is 14.2. The molecule has 0 N–H and O–H groups in total. The third-order valence-electron chi connectivity index (χ3n) is 4.43. The molecule has 0 saturated heterocycles. The minimum absolute atomic E-state index is 0.123. The standard InChI is InChI=1S/C21H17BrN2O2/c1-14-4-2-5-16(12-14)21(25)24-19(20-6-3-11-26-20)13-18(23-24)15-7-9-17(22)10-8-15/h2-12,19H,13H2,1H3. The Labute approximate surface area is 160 Å². The molecule has 2 aromatic carbocycles. The Hall–Kier alpha value is -2.66. The molecule has 2 heterocycles. The molecular formula is C21H17BrN2O2. The maximum atomic E-state index is 13.1. The van der Waals surface area contributed by atoms with Crippen LogP contribution in [0.25, 0.3) is 0 Å². The van der Waals surface area contributed by atoms with Gasteiger partial charge in [0, 0.05) is 16.5 Å². The Morgan fingerprint density at radius 3 is 2.65 bits per heavy atom.